The fraction of sp³-hybridized carbons (Fsp3) is 0.267. The summed E-state index contributed by atoms with van der Waals surface area (Å²) in [5.74, 6) is 0.736. The van der Waals surface area contributed by atoms with E-state index in [4.69, 9.17) is 16.9 Å². The van der Waals surface area contributed by atoms with Gasteiger partial charge in [0.2, 0.25) is 0 Å². The molecule has 0 bridgehead atoms. The molecule has 0 radical (unpaired) electrons. The molecule has 0 saturated carbocycles. The van der Waals surface area contributed by atoms with Crippen molar-refractivity contribution in [2.45, 2.75) is 26.2 Å². The summed E-state index contributed by atoms with van der Waals surface area (Å²) in [6, 6.07) is 9.83. The van der Waals surface area contributed by atoms with Crippen LogP contribution in [0.3, 0.4) is 0 Å². The third-order valence-corrected chi connectivity index (χ3v) is 3.22. The van der Waals surface area contributed by atoms with Gasteiger partial charge in [0, 0.05) is 11.3 Å². The first-order valence-electron chi connectivity index (χ1n) is 6.47. The Kier molecular flexibility index (Phi) is 4.91. The highest BCUT2D eigenvalue weighted by Crippen LogP contribution is 2.24. The fourth-order valence-corrected chi connectivity index (χ4v) is 2.13. The minimum atomic E-state index is 0.417. The number of aromatic nitrogens is 2. The summed E-state index contributed by atoms with van der Waals surface area (Å²) in [7, 11) is 0. The minimum absolute atomic E-state index is 0.417. The Morgan fingerprint density at radius 1 is 1.25 bits per heavy atom. The van der Waals surface area contributed by atoms with Crippen LogP contribution in [0.4, 0.5) is 11.5 Å². The Labute approximate surface area is 123 Å². The molecule has 102 valence electrons. The van der Waals surface area contributed by atoms with Crippen molar-refractivity contribution in [3.63, 3.8) is 0 Å². The van der Waals surface area contributed by atoms with Gasteiger partial charge >= 0.3 is 0 Å². The minimum Gasteiger partial charge on any atom is -0.340 e. The second kappa shape index (κ2) is 6.88. The van der Waals surface area contributed by atoms with E-state index in [2.05, 4.69) is 28.3 Å². The van der Waals surface area contributed by atoms with Gasteiger partial charge in [0.05, 0.1) is 12.5 Å². The van der Waals surface area contributed by atoms with Gasteiger partial charge in [-0.05, 0) is 24.1 Å². The molecular weight excluding hydrogens is 272 g/mol. The lowest BCUT2D eigenvalue weighted by Gasteiger charge is -2.11. The van der Waals surface area contributed by atoms with Gasteiger partial charge in [-0.15, -0.1) is 0 Å². The zero-order valence-electron chi connectivity index (χ0n) is 11.2. The van der Waals surface area contributed by atoms with Crippen LogP contribution in [0.25, 0.3) is 0 Å². The first-order valence-corrected chi connectivity index (χ1v) is 6.84. The van der Waals surface area contributed by atoms with E-state index in [9.17, 15) is 0 Å². The molecule has 4 nitrogen and oxygen atoms in total. The third kappa shape index (κ3) is 3.46. The Morgan fingerprint density at radius 2 is 2.00 bits per heavy atom. The van der Waals surface area contributed by atoms with E-state index in [1.807, 2.05) is 24.3 Å². The molecule has 0 unspecified atom stereocenters. The predicted molar refractivity (Wildman–Crippen MR) is 80.1 cm³/mol. The molecule has 20 heavy (non-hydrogen) atoms. The number of benzene rings is 1. The van der Waals surface area contributed by atoms with Crippen molar-refractivity contribution in [2.24, 2.45) is 0 Å². The lowest BCUT2D eigenvalue weighted by molar-refractivity contribution is 0.904. The first-order chi connectivity index (χ1) is 9.74. The van der Waals surface area contributed by atoms with Crippen LogP contribution < -0.4 is 5.32 Å². The lowest BCUT2D eigenvalue weighted by Crippen LogP contribution is -2.01. The van der Waals surface area contributed by atoms with Crippen LogP contribution in [0.15, 0.2) is 30.6 Å². The molecule has 0 saturated heterocycles. The van der Waals surface area contributed by atoms with Gasteiger partial charge in [0.25, 0.3) is 0 Å². The number of nitrogens with zero attached hydrogens (tertiary/aromatic N) is 3. The van der Waals surface area contributed by atoms with Crippen molar-refractivity contribution >= 4 is 23.1 Å². The number of nitrogens with one attached hydrogen (secondary N) is 1. The van der Waals surface area contributed by atoms with Gasteiger partial charge in [-0.3, -0.25) is 0 Å². The first kappa shape index (κ1) is 14.3. The van der Waals surface area contributed by atoms with Gasteiger partial charge in [-0.1, -0.05) is 37.1 Å². The summed E-state index contributed by atoms with van der Waals surface area (Å²) < 4.78 is 0. The van der Waals surface area contributed by atoms with Gasteiger partial charge in [-0.25, -0.2) is 9.97 Å². The Bertz CT molecular complexity index is 617. The Morgan fingerprint density at radius 3 is 2.65 bits per heavy atom. The number of anilines is 2. The number of nitriles is 1. The maximum absolute atomic E-state index is 8.65. The molecule has 0 fully saturated rings. The summed E-state index contributed by atoms with van der Waals surface area (Å²) in [5, 5.41) is 12.4. The predicted octanol–water partition coefficient (Wildman–Crippen LogP) is 3.89. The highest BCUT2D eigenvalue weighted by Gasteiger charge is 2.09. The Balaban J connectivity index is 2.21. The molecule has 0 aliphatic carbocycles. The van der Waals surface area contributed by atoms with Crippen LogP contribution in [0, 0.1) is 11.3 Å². The molecule has 0 atom stereocenters. The highest BCUT2D eigenvalue weighted by molar-refractivity contribution is 6.30. The average Bonchev–Trinajstić information content (AvgIpc) is 2.45. The molecule has 0 aliphatic rings. The fourth-order valence-electron chi connectivity index (χ4n) is 1.90. The smallest absolute Gasteiger partial charge is 0.138 e. The monoisotopic (exact) mass is 286 g/mol. The van der Waals surface area contributed by atoms with Crippen LogP contribution >= 0.6 is 11.6 Å². The molecule has 0 amide bonds. The van der Waals surface area contributed by atoms with E-state index in [0.29, 0.717) is 11.6 Å². The lowest BCUT2D eigenvalue weighted by atomic mass is 10.1. The van der Waals surface area contributed by atoms with Crippen LogP contribution in [0.2, 0.25) is 5.15 Å². The highest BCUT2D eigenvalue weighted by atomic mass is 35.5. The topological polar surface area (TPSA) is 61.6 Å². The van der Waals surface area contributed by atoms with E-state index >= 15 is 0 Å². The second-order valence-electron chi connectivity index (χ2n) is 4.40. The number of hydrogen-bond donors (Lipinski definition) is 1. The van der Waals surface area contributed by atoms with Gasteiger partial charge < -0.3 is 5.32 Å². The van der Waals surface area contributed by atoms with Crippen molar-refractivity contribution < 1.29 is 0 Å². The molecule has 0 spiro atoms. The van der Waals surface area contributed by atoms with Crippen molar-refractivity contribution in [1.29, 1.82) is 5.26 Å². The SMILES string of the molecule is CCCc1c(Cl)ncnc1Nc1ccc(CC#N)cc1. The maximum atomic E-state index is 8.65. The van der Waals surface area contributed by atoms with Crippen molar-refractivity contribution in [2.75, 3.05) is 5.32 Å². The molecule has 2 rings (SSSR count). The molecular formula is C15H15ClN4. The number of halogens is 1. The molecule has 2 aromatic rings. The normalized spacial score (nSPS) is 10.1. The third-order valence-electron chi connectivity index (χ3n) is 2.89. The molecule has 5 heteroatoms. The molecule has 1 aromatic heterocycles. The van der Waals surface area contributed by atoms with E-state index in [-0.39, 0.29) is 0 Å². The van der Waals surface area contributed by atoms with Crippen molar-refractivity contribution in [3.05, 3.63) is 46.9 Å². The van der Waals surface area contributed by atoms with Crippen LogP contribution in [-0.2, 0) is 12.8 Å². The summed E-state index contributed by atoms with van der Waals surface area (Å²) in [6.45, 7) is 2.09. The zero-order valence-corrected chi connectivity index (χ0v) is 12.0. The van der Waals surface area contributed by atoms with Crippen LogP contribution in [0.5, 0.6) is 0 Å². The number of hydrogen-bond acceptors (Lipinski definition) is 4. The largest absolute Gasteiger partial charge is 0.340 e. The van der Waals surface area contributed by atoms with E-state index in [0.717, 1.165) is 35.5 Å². The average molecular weight is 287 g/mol. The molecule has 0 aliphatic heterocycles. The molecule has 1 aromatic carbocycles. The zero-order chi connectivity index (χ0) is 14.4. The molecule has 1 N–H and O–H groups in total. The van der Waals surface area contributed by atoms with Crippen molar-refractivity contribution in [3.8, 4) is 6.07 Å². The van der Waals surface area contributed by atoms with Gasteiger partial charge in [0.1, 0.15) is 17.3 Å². The van der Waals surface area contributed by atoms with E-state index in [1.54, 1.807) is 0 Å². The van der Waals surface area contributed by atoms with Gasteiger partial charge in [-0.2, -0.15) is 5.26 Å². The summed E-state index contributed by atoms with van der Waals surface area (Å²) >= 11 is 6.11. The standard InChI is InChI=1S/C15H15ClN4/c1-2-3-13-14(16)18-10-19-15(13)20-12-6-4-11(5-7-12)8-9-17/h4-7,10H,2-3,8H2,1H3,(H,18,19,20). The second-order valence-corrected chi connectivity index (χ2v) is 4.76. The van der Waals surface area contributed by atoms with Crippen LogP contribution in [-0.4, -0.2) is 9.97 Å². The Hall–Kier alpha value is -2.12. The quantitative estimate of drug-likeness (QED) is 0.847. The van der Waals surface area contributed by atoms with Crippen molar-refractivity contribution in [1.82, 2.24) is 9.97 Å². The number of rotatable bonds is 5. The maximum Gasteiger partial charge on any atom is 0.138 e. The summed E-state index contributed by atoms with van der Waals surface area (Å²) in [6.07, 6.45) is 3.67. The van der Waals surface area contributed by atoms with Gasteiger partial charge in [0.15, 0.2) is 0 Å². The molecule has 1 heterocycles. The van der Waals surface area contributed by atoms with E-state index < -0.39 is 0 Å². The van der Waals surface area contributed by atoms with E-state index in [1.165, 1.54) is 6.33 Å². The van der Waals surface area contributed by atoms with Crippen LogP contribution in [0.1, 0.15) is 24.5 Å². The summed E-state index contributed by atoms with van der Waals surface area (Å²) in [5.41, 5.74) is 2.84. The summed E-state index contributed by atoms with van der Waals surface area (Å²) in [4.78, 5) is 8.27.